The number of rotatable bonds is 3. The van der Waals surface area contributed by atoms with Crippen LogP contribution in [0.5, 0.6) is 0 Å². The molecule has 0 aromatic carbocycles. The van der Waals surface area contributed by atoms with Gasteiger partial charge in [-0.05, 0) is 28.8 Å². The quantitative estimate of drug-likeness (QED) is 0.781. The summed E-state index contributed by atoms with van der Waals surface area (Å²) in [5.74, 6) is 1.21. The Kier molecular flexibility index (Phi) is 4.32. The van der Waals surface area contributed by atoms with Gasteiger partial charge in [0.05, 0.1) is 10.2 Å². The molecule has 1 heterocycles. The molecule has 0 fully saturated rings. The third kappa shape index (κ3) is 2.45. The molecule has 78 valence electrons. The fraction of sp³-hybridized carbons (Fsp3) is 0.600. The van der Waals surface area contributed by atoms with E-state index in [-0.39, 0.29) is 0 Å². The number of halogens is 2. The molecule has 14 heavy (non-hydrogen) atoms. The van der Waals surface area contributed by atoms with Crippen molar-refractivity contribution in [3.05, 3.63) is 21.1 Å². The molecule has 0 radical (unpaired) electrons. The molecular formula is C10H14BrClN2. The van der Waals surface area contributed by atoms with Crippen LogP contribution in [0.25, 0.3) is 0 Å². The molecule has 0 saturated carbocycles. The molecule has 1 rings (SSSR count). The summed E-state index contributed by atoms with van der Waals surface area (Å²) < 4.78 is 0.828. The van der Waals surface area contributed by atoms with E-state index >= 15 is 0 Å². The van der Waals surface area contributed by atoms with Gasteiger partial charge in [-0.2, -0.15) is 0 Å². The van der Waals surface area contributed by atoms with Gasteiger partial charge in [0.15, 0.2) is 0 Å². The van der Waals surface area contributed by atoms with Gasteiger partial charge >= 0.3 is 0 Å². The predicted octanol–water partition coefficient (Wildman–Crippen LogP) is 3.97. The Balaban J connectivity index is 3.16. The van der Waals surface area contributed by atoms with E-state index < -0.39 is 0 Å². The summed E-state index contributed by atoms with van der Waals surface area (Å²) >= 11 is 9.39. The Morgan fingerprint density at radius 3 is 2.50 bits per heavy atom. The van der Waals surface area contributed by atoms with Gasteiger partial charge in [0.25, 0.3) is 0 Å². The zero-order chi connectivity index (χ0) is 10.7. The Labute approximate surface area is 98.2 Å². The lowest BCUT2D eigenvalue weighted by Crippen LogP contribution is -2.04. The molecule has 0 N–H and O–H groups in total. The second-order valence-electron chi connectivity index (χ2n) is 3.30. The summed E-state index contributed by atoms with van der Waals surface area (Å²) in [5, 5.41) is 0.521. The van der Waals surface area contributed by atoms with Crippen LogP contribution >= 0.6 is 27.5 Å². The molecule has 0 amide bonds. The average molecular weight is 278 g/mol. The molecule has 1 aromatic heterocycles. The molecule has 1 aromatic rings. The van der Waals surface area contributed by atoms with Crippen molar-refractivity contribution in [2.75, 3.05) is 0 Å². The van der Waals surface area contributed by atoms with Crippen molar-refractivity contribution in [1.82, 2.24) is 9.97 Å². The smallest absolute Gasteiger partial charge is 0.147 e. The number of aryl methyl sites for hydroxylation is 1. The molecule has 0 aliphatic heterocycles. The molecule has 0 spiro atoms. The van der Waals surface area contributed by atoms with Gasteiger partial charge in [-0.25, -0.2) is 9.97 Å². The predicted molar refractivity (Wildman–Crippen MR) is 62.8 cm³/mol. The maximum Gasteiger partial charge on any atom is 0.147 e. The normalized spacial score (nSPS) is 12.9. The van der Waals surface area contributed by atoms with Crippen LogP contribution in [0.1, 0.15) is 44.6 Å². The lowest BCUT2D eigenvalue weighted by atomic mass is 10.1. The number of nitrogens with zero attached hydrogens (tertiary/aromatic N) is 2. The molecule has 1 unspecified atom stereocenters. The fourth-order valence-corrected chi connectivity index (χ4v) is 1.77. The van der Waals surface area contributed by atoms with E-state index in [1.165, 1.54) is 0 Å². The summed E-state index contributed by atoms with van der Waals surface area (Å²) in [4.78, 5) is 8.74. The van der Waals surface area contributed by atoms with Gasteiger partial charge in [0.2, 0.25) is 0 Å². The zero-order valence-corrected chi connectivity index (χ0v) is 11.0. The van der Waals surface area contributed by atoms with Gasteiger partial charge in [-0.15, -0.1) is 0 Å². The van der Waals surface area contributed by atoms with Crippen molar-refractivity contribution in [2.45, 2.75) is 39.5 Å². The Morgan fingerprint density at radius 2 is 2.00 bits per heavy atom. The highest BCUT2D eigenvalue weighted by Gasteiger charge is 2.12. The first-order valence-electron chi connectivity index (χ1n) is 4.81. The van der Waals surface area contributed by atoms with Crippen molar-refractivity contribution in [1.29, 1.82) is 0 Å². The number of aromatic nitrogens is 2. The second-order valence-corrected chi connectivity index (χ2v) is 4.45. The highest BCUT2D eigenvalue weighted by molar-refractivity contribution is 9.10. The summed E-state index contributed by atoms with van der Waals surface area (Å²) in [6.07, 6.45) is 1.90. The minimum absolute atomic E-state index is 0.367. The first-order valence-corrected chi connectivity index (χ1v) is 5.99. The first-order chi connectivity index (χ1) is 6.60. The Bertz CT molecular complexity index is 328. The van der Waals surface area contributed by atoms with Gasteiger partial charge in [0, 0.05) is 5.92 Å². The van der Waals surface area contributed by atoms with E-state index in [0.29, 0.717) is 11.1 Å². The number of hydrogen-bond donors (Lipinski definition) is 0. The van der Waals surface area contributed by atoms with Crippen LogP contribution in [0.15, 0.2) is 4.47 Å². The molecule has 0 aliphatic rings. The molecule has 0 bridgehead atoms. The van der Waals surface area contributed by atoms with E-state index in [1.54, 1.807) is 0 Å². The monoisotopic (exact) mass is 276 g/mol. The summed E-state index contributed by atoms with van der Waals surface area (Å²) in [6.45, 7) is 6.29. The third-order valence-corrected chi connectivity index (χ3v) is 3.62. The van der Waals surface area contributed by atoms with Crippen LogP contribution in [-0.4, -0.2) is 9.97 Å². The largest absolute Gasteiger partial charge is 0.236 e. The fourth-order valence-electron chi connectivity index (χ4n) is 1.12. The maximum atomic E-state index is 6.00. The van der Waals surface area contributed by atoms with E-state index in [9.17, 15) is 0 Å². The summed E-state index contributed by atoms with van der Waals surface area (Å²) in [6, 6.07) is 0. The van der Waals surface area contributed by atoms with Crippen molar-refractivity contribution >= 4 is 27.5 Å². The minimum atomic E-state index is 0.367. The van der Waals surface area contributed by atoms with Crippen molar-refractivity contribution in [3.63, 3.8) is 0 Å². The van der Waals surface area contributed by atoms with Gasteiger partial charge < -0.3 is 0 Å². The highest BCUT2D eigenvalue weighted by Crippen LogP contribution is 2.26. The van der Waals surface area contributed by atoms with Gasteiger partial charge in [-0.3, -0.25) is 0 Å². The SMILES string of the molecule is CCc1nc(C(C)CC)nc(Cl)c1Br. The van der Waals surface area contributed by atoms with E-state index in [1.807, 2.05) is 0 Å². The zero-order valence-electron chi connectivity index (χ0n) is 8.64. The standard InChI is InChI=1S/C10H14BrClN2/c1-4-6(3)10-13-7(5-2)8(11)9(12)14-10/h6H,4-5H2,1-3H3. The topological polar surface area (TPSA) is 25.8 Å². The van der Waals surface area contributed by atoms with E-state index in [2.05, 4.69) is 46.7 Å². The van der Waals surface area contributed by atoms with Crippen LogP contribution in [0, 0.1) is 0 Å². The van der Waals surface area contributed by atoms with Gasteiger partial charge in [-0.1, -0.05) is 32.4 Å². The van der Waals surface area contributed by atoms with Crippen molar-refractivity contribution < 1.29 is 0 Å². The van der Waals surface area contributed by atoms with Crippen molar-refractivity contribution in [3.8, 4) is 0 Å². The van der Waals surface area contributed by atoms with Crippen LogP contribution < -0.4 is 0 Å². The molecular weight excluding hydrogens is 263 g/mol. The molecule has 1 atom stereocenters. The Morgan fingerprint density at radius 1 is 1.36 bits per heavy atom. The molecule has 4 heteroatoms. The van der Waals surface area contributed by atoms with Crippen LogP contribution in [0.4, 0.5) is 0 Å². The van der Waals surface area contributed by atoms with Crippen LogP contribution in [-0.2, 0) is 6.42 Å². The maximum absolute atomic E-state index is 6.00. The van der Waals surface area contributed by atoms with E-state index in [4.69, 9.17) is 11.6 Å². The lowest BCUT2D eigenvalue weighted by Gasteiger charge is -2.10. The highest BCUT2D eigenvalue weighted by atomic mass is 79.9. The van der Waals surface area contributed by atoms with Gasteiger partial charge in [0.1, 0.15) is 11.0 Å². The second kappa shape index (κ2) is 5.08. The third-order valence-electron chi connectivity index (χ3n) is 2.28. The number of hydrogen-bond acceptors (Lipinski definition) is 2. The van der Waals surface area contributed by atoms with Crippen LogP contribution in [0.2, 0.25) is 5.15 Å². The summed E-state index contributed by atoms with van der Waals surface area (Å²) in [5.41, 5.74) is 0.986. The molecule has 0 aliphatic carbocycles. The minimum Gasteiger partial charge on any atom is -0.236 e. The van der Waals surface area contributed by atoms with Crippen LogP contribution in [0.3, 0.4) is 0 Å². The summed E-state index contributed by atoms with van der Waals surface area (Å²) in [7, 11) is 0. The average Bonchev–Trinajstić information content (AvgIpc) is 2.20. The molecule has 2 nitrogen and oxygen atoms in total. The first kappa shape index (κ1) is 11.9. The van der Waals surface area contributed by atoms with E-state index in [0.717, 1.165) is 28.8 Å². The Hall–Kier alpha value is -0.150. The van der Waals surface area contributed by atoms with Crippen molar-refractivity contribution in [2.24, 2.45) is 0 Å². The lowest BCUT2D eigenvalue weighted by molar-refractivity contribution is 0.670. The molecule has 0 saturated heterocycles.